The summed E-state index contributed by atoms with van der Waals surface area (Å²) in [6, 6.07) is 7.60. The zero-order chi connectivity index (χ0) is 27.1. The number of benzene rings is 1. The van der Waals surface area contributed by atoms with E-state index in [4.69, 9.17) is 21.3 Å². The minimum atomic E-state index is -1.01. The molecule has 10 heteroatoms. The fourth-order valence-electron chi connectivity index (χ4n) is 5.09. The predicted molar refractivity (Wildman–Crippen MR) is 150 cm³/mol. The minimum absolute atomic E-state index is 0.00484. The van der Waals surface area contributed by atoms with Gasteiger partial charge in [0.15, 0.2) is 0 Å². The summed E-state index contributed by atoms with van der Waals surface area (Å²) in [6.45, 7) is 4.30. The largest absolute Gasteiger partial charge is 0.491 e. The lowest BCUT2D eigenvalue weighted by atomic mass is 9.92. The fraction of sp³-hybridized carbons (Fsp3) is 0.357. The number of carboxylic acid groups (broad SMARTS) is 1. The number of pyridine rings is 1. The molecule has 0 fully saturated rings. The average molecular weight is 553 g/mol. The van der Waals surface area contributed by atoms with Crippen molar-refractivity contribution in [3.05, 3.63) is 73.4 Å². The molecule has 3 heterocycles. The van der Waals surface area contributed by atoms with E-state index in [2.05, 4.69) is 9.88 Å². The molecule has 0 spiro atoms. The summed E-state index contributed by atoms with van der Waals surface area (Å²) in [5.74, 6) is 0.262. The van der Waals surface area contributed by atoms with Crippen molar-refractivity contribution < 1.29 is 14.6 Å². The Labute approximate surface area is 229 Å². The molecule has 5 rings (SSSR count). The van der Waals surface area contributed by atoms with Crippen molar-refractivity contribution in [3.63, 3.8) is 0 Å². The van der Waals surface area contributed by atoms with Gasteiger partial charge >= 0.3 is 5.97 Å². The van der Waals surface area contributed by atoms with Gasteiger partial charge in [-0.25, -0.2) is 9.78 Å². The number of aryl methyl sites for hydroxylation is 3. The van der Waals surface area contributed by atoms with Crippen LogP contribution in [0, 0.1) is 13.8 Å². The minimum Gasteiger partial charge on any atom is -0.491 e. The average Bonchev–Trinajstić information content (AvgIpc) is 3.30. The molecule has 3 aromatic heterocycles. The Hall–Kier alpha value is -3.27. The molecule has 198 valence electrons. The van der Waals surface area contributed by atoms with Crippen LogP contribution < -0.4 is 10.3 Å². The lowest BCUT2D eigenvalue weighted by molar-refractivity contribution is 0.0699. The van der Waals surface area contributed by atoms with Crippen LogP contribution in [0.1, 0.15) is 39.6 Å². The lowest BCUT2D eigenvalue weighted by Gasteiger charge is -2.29. The van der Waals surface area contributed by atoms with Gasteiger partial charge in [0.1, 0.15) is 18.2 Å². The Morgan fingerprint density at radius 2 is 2.03 bits per heavy atom. The molecule has 0 unspecified atom stereocenters. The molecular weight excluding hydrogens is 524 g/mol. The highest BCUT2D eigenvalue weighted by molar-refractivity contribution is 7.18. The van der Waals surface area contributed by atoms with Crippen molar-refractivity contribution in [1.82, 2.24) is 19.4 Å². The van der Waals surface area contributed by atoms with E-state index in [1.807, 2.05) is 40.1 Å². The van der Waals surface area contributed by atoms with Gasteiger partial charge in [-0.2, -0.15) is 0 Å². The Kier molecular flexibility index (Phi) is 7.26. The van der Waals surface area contributed by atoms with E-state index < -0.39 is 5.97 Å². The second kappa shape index (κ2) is 10.5. The number of ether oxygens (including phenoxy) is 1. The molecule has 1 aromatic carbocycles. The number of hydrogen-bond acceptors (Lipinski definition) is 7. The van der Waals surface area contributed by atoms with Crippen LogP contribution in [-0.2, 0) is 19.4 Å². The second-order valence-electron chi connectivity index (χ2n) is 9.83. The van der Waals surface area contributed by atoms with E-state index in [9.17, 15) is 14.7 Å². The number of fused-ring (bicyclic) bond motifs is 2. The van der Waals surface area contributed by atoms with E-state index in [1.54, 1.807) is 22.1 Å². The summed E-state index contributed by atoms with van der Waals surface area (Å²) in [7, 11) is 4.09. The number of carboxylic acids is 1. The van der Waals surface area contributed by atoms with E-state index in [0.717, 1.165) is 39.9 Å². The quantitative estimate of drug-likeness (QED) is 0.345. The standard InChI is InChI=1S/C28H29ClN4O4S/c1-15-11-20(26-25(30-15)22(14-38-26)28(35)36)19-12-17(29)5-8-24(19)37-10-9-33-16(2)31-23-7-6-18(32(3)4)13-21(23)27(33)34/h5,8,11-12,14,18H,6-7,9-10,13H2,1-4H3,(H,35,36)/t18-/m0/s1. The molecule has 0 radical (unpaired) electrons. The topological polar surface area (TPSA) is 97.6 Å². The number of likely N-dealkylation sites (N-methyl/N-ethyl adjacent to an activating group) is 1. The SMILES string of the molecule is Cc1cc(-c2cc(Cl)ccc2OCCn2c(C)nc3c(c2=O)C[C@@H](N(C)C)CC3)c2scc(C(=O)O)c2n1. The van der Waals surface area contributed by atoms with Crippen LogP contribution in [0.2, 0.25) is 5.02 Å². The number of aromatic carboxylic acids is 1. The molecule has 4 aromatic rings. The van der Waals surface area contributed by atoms with Crippen molar-refractivity contribution in [1.29, 1.82) is 0 Å². The summed E-state index contributed by atoms with van der Waals surface area (Å²) in [4.78, 5) is 36.5. The molecule has 0 bridgehead atoms. The molecule has 1 aliphatic rings. The van der Waals surface area contributed by atoms with Crippen LogP contribution in [0.5, 0.6) is 5.75 Å². The third-order valence-corrected chi connectivity index (χ3v) is 8.35. The van der Waals surface area contributed by atoms with Crippen LogP contribution in [-0.4, -0.2) is 57.3 Å². The number of thiophene rings is 1. The second-order valence-corrected chi connectivity index (χ2v) is 11.1. The molecule has 1 atom stereocenters. The number of rotatable bonds is 7. The predicted octanol–water partition coefficient (Wildman–Crippen LogP) is 4.99. The van der Waals surface area contributed by atoms with Crippen LogP contribution in [0.25, 0.3) is 21.3 Å². The zero-order valence-electron chi connectivity index (χ0n) is 21.7. The van der Waals surface area contributed by atoms with Crippen molar-refractivity contribution in [2.75, 3.05) is 20.7 Å². The third kappa shape index (κ3) is 4.93. The monoisotopic (exact) mass is 552 g/mol. The van der Waals surface area contributed by atoms with Gasteiger partial charge in [-0.15, -0.1) is 11.3 Å². The van der Waals surface area contributed by atoms with Gasteiger partial charge in [0.25, 0.3) is 5.56 Å². The number of halogens is 1. The number of carbonyl (C=O) groups is 1. The van der Waals surface area contributed by atoms with E-state index in [-0.39, 0.29) is 17.7 Å². The van der Waals surface area contributed by atoms with Gasteiger partial charge in [-0.05, 0) is 71.5 Å². The maximum absolute atomic E-state index is 13.4. The van der Waals surface area contributed by atoms with Gasteiger partial charge in [0, 0.05) is 38.8 Å². The van der Waals surface area contributed by atoms with Crippen LogP contribution >= 0.6 is 22.9 Å². The van der Waals surface area contributed by atoms with Crippen LogP contribution in [0.4, 0.5) is 0 Å². The first-order valence-electron chi connectivity index (χ1n) is 12.4. The first-order chi connectivity index (χ1) is 18.1. The van der Waals surface area contributed by atoms with Crippen molar-refractivity contribution in [2.45, 2.75) is 45.7 Å². The van der Waals surface area contributed by atoms with Gasteiger partial charge in [0.2, 0.25) is 0 Å². The highest BCUT2D eigenvalue weighted by Gasteiger charge is 2.25. The lowest BCUT2D eigenvalue weighted by Crippen LogP contribution is -2.39. The van der Waals surface area contributed by atoms with E-state index in [1.165, 1.54) is 11.3 Å². The maximum atomic E-state index is 13.4. The van der Waals surface area contributed by atoms with Gasteiger partial charge in [0.05, 0.1) is 28.0 Å². The zero-order valence-corrected chi connectivity index (χ0v) is 23.3. The first-order valence-corrected chi connectivity index (χ1v) is 13.7. The molecule has 8 nitrogen and oxygen atoms in total. The molecule has 1 aliphatic carbocycles. The Morgan fingerprint density at radius 3 is 2.76 bits per heavy atom. The van der Waals surface area contributed by atoms with Crippen molar-refractivity contribution in [2.24, 2.45) is 0 Å². The van der Waals surface area contributed by atoms with E-state index >= 15 is 0 Å². The summed E-state index contributed by atoms with van der Waals surface area (Å²) >= 11 is 7.69. The van der Waals surface area contributed by atoms with Crippen molar-refractivity contribution >= 4 is 39.1 Å². The summed E-state index contributed by atoms with van der Waals surface area (Å²) in [5, 5.41) is 11.7. The summed E-state index contributed by atoms with van der Waals surface area (Å²) < 4.78 is 8.67. The highest BCUT2D eigenvalue weighted by atomic mass is 35.5. The van der Waals surface area contributed by atoms with Gasteiger partial charge in [-0.3, -0.25) is 14.3 Å². The normalized spacial score (nSPS) is 15.2. The first kappa shape index (κ1) is 26.3. The molecule has 0 aliphatic heterocycles. The van der Waals surface area contributed by atoms with E-state index in [0.29, 0.717) is 46.8 Å². The highest BCUT2D eigenvalue weighted by Crippen LogP contribution is 2.40. The molecule has 38 heavy (non-hydrogen) atoms. The van der Waals surface area contributed by atoms with Gasteiger partial charge < -0.3 is 14.7 Å². The van der Waals surface area contributed by atoms with Crippen LogP contribution in [0.3, 0.4) is 0 Å². The smallest absolute Gasteiger partial charge is 0.338 e. The Bertz CT molecular complexity index is 1610. The third-order valence-electron chi connectivity index (χ3n) is 7.11. The van der Waals surface area contributed by atoms with Crippen molar-refractivity contribution in [3.8, 4) is 16.9 Å². The van der Waals surface area contributed by atoms with Gasteiger partial charge in [-0.1, -0.05) is 11.6 Å². The summed E-state index contributed by atoms with van der Waals surface area (Å²) in [6.07, 6.45) is 2.51. The summed E-state index contributed by atoms with van der Waals surface area (Å²) in [5.41, 5.74) is 4.58. The molecule has 1 N–H and O–H groups in total. The maximum Gasteiger partial charge on any atom is 0.338 e. The van der Waals surface area contributed by atoms with Crippen LogP contribution in [0.15, 0.2) is 34.4 Å². The number of hydrogen-bond donors (Lipinski definition) is 1. The molecule has 0 saturated heterocycles. The number of nitrogens with zero attached hydrogens (tertiary/aromatic N) is 4. The molecule has 0 saturated carbocycles. The molecular formula is C28H29ClN4O4S. The molecule has 0 amide bonds. The Balaban J connectivity index is 1.45. The number of aromatic nitrogens is 3. The Morgan fingerprint density at radius 1 is 1.24 bits per heavy atom. The fourth-order valence-corrected chi connectivity index (χ4v) is 6.27.